The SMILES string of the molecule is CC[C@H](C)NC(=O)[C@@H](C)N(Cc1ccc(Br)cc1)C(=O)CN(c1cc([N+](=O)[O-])ccc1C)S(C)(=O)=O. The smallest absolute Gasteiger partial charge is 0.271 e. The van der Waals surface area contributed by atoms with Gasteiger partial charge in [0.2, 0.25) is 21.8 Å². The lowest BCUT2D eigenvalue weighted by atomic mass is 10.1. The van der Waals surface area contributed by atoms with E-state index in [1.165, 1.54) is 17.0 Å². The highest BCUT2D eigenvalue weighted by Crippen LogP contribution is 2.28. The number of aryl methyl sites for hydroxylation is 1. The van der Waals surface area contributed by atoms with E-state index in [9.17, 15) is 28.1 Å². The Morgan fingerprint density at radius 2 is 1.75 bits per heavy atom. The molecule has 0 fully saturated rings. The summed E-state index contributed by atoms with van der Waals surface area (Å²) in [5.41, 5.74) is 0.915. The quantitative estimate of drug-likeness (QED) is 0.317. The summed E-state index contributed by atoms with van der Waals surface area (Å²) in [7, 11) is -4.00. The summed E-state index contributed by atoms with van der Waals surface area (Å²) < 4.78 is 27.1. The zero-order valence-corrected chi connectivity index (χ0v) is 23.3. The number of rotatable bonds is 11. The van der Waals surface area contributed by atoms with Crippen molar-refractivity contribution >= 4 is 49.1 Å². The second-order valence-electron chi connectivity index (χ2n) is 8.64. The molecule has 1 N–H and O–H groups in total. The molecule has 0 bridgehead atoms. The highest BCUT2D eigenvalue weighted by atomic mass is 79.9. The number of anilines is 1. The van der Waals surface area contributed by atoms with Crippen molar-refractivity contribution in [3.05, 3.63) is 68.2 Å². The number of nitro benzene ring substituents is 1. The molecule has 0 saturated carbocycles. The van der Waals surface area contributed by atoms with E-state index in [0.29, 0.717) is 12.0 Å². The van der Waals surface area contributed by atoms with E-state index in [1.807, 2.05) is 13.8 Å². The molecule has 2 amide bonds. The predicted octanol–water partition coefficient (Wildman–Crippen LogP) is 3.76. The Balaban J connectivity index is 2.47. The lowest BCUT2D eigenvalue weighted by Crippen LogP contribution is -2.52. The maximum atomic E-state index is 13.6. The molecule has 0 spiro atoms. The van der Waals surface area contributed by atoms with Crippen LogP contribution in [0.25, 0.3) is 0 Å². The average Bonchev–Trinajstić information content (AvgIpc) is 2.81. The Kier molecular flexibility index (Phi) is 10.00. The Morgan fingerprint density at radius 1 is 1.14 bits per heavy atom. The summed E-state index contributed by atoms with van der Waals surface area (Å²) in [4.78, 5) is 38.4. The first-order valence-electron chi connectivity index (χ1n) is 11.3. The molecule has 0 saturated heterocycles. The Bertz CT molecular complexity index is 1220. The maximum absolute atomic E-state index is 13.6. The fourth-order valence-electron chi connectivity index (χ4n) is 3.41. The number of hydrogen-bond acceptors (Lipinski definition) is 6. The van der Waals surface area contributed by atoms with Crippen molar-refractivity contribution in [3.63, 3.8) is 0 Å². The van der Waals surface area contributed by atoms with E-state index in [2.05, 4.69) is 21.2 Å². The molecule has 2 aromatic carbocycles. The van der Waals surface area contributed by atoms with Crippen LogP contribution in [-0.4, -0.2) is 54.9 Å². The zero-order valence-electron chi connectivity index (χ0n) is 20.9. The van der Waals surface area contributed by atoms with Crippen LogP contribution in [0.1, 0.15) is 38.3 Å². The molecule has 0 aliphatic heterocycles. The standard InChI is InChI=1S/C24H31BrN4O6S/c1-6-17(3)26-24(31)18(4)27(14-19-8-10-20(25)11-9-19)23(30)15-28(36(5,34)35)22-13-21(29(32)33)12-7-16(22)2/h7-13,17-18H,6,14-15H2,1-5H3,(H,26,31)/t17-,18+/m0/s1. The van der Waals surface area contributed by atoms with Gasteiger partial charge in [-0.15, -0.1) is 0 Å². The fraction of sp³-hybridized carbons (Fsp3) is 0.417. The average molecular weight is 584 g/mol. The van der Waals surface area contributed by atoms with Crippen LogP contribution in [0.2, 0.25) is 0 Å². The van der Waals surface area contributed by atoms with Crippen LogP contribution in [-0.2, 0) is 26.2 Å². The van der Waals surface area contributed by atoms with E-state index in [-0.39, 0.29) is 29.9 Å². The Hall–Kier alpha value is -2.99. The molecule has 0 heterocycles. The van der Waals surface area contributed by atoms with Crippen LogP contribution in [0.5, 0.6) is 0 Å². The van der Waals surface area contributed by atoms with Crippen molar-refractivity contribution in [1.29, 1.82) is 0 Å². The molecule has 0 aliphatic rings. The van der Waals surface area contributed by atoms with Gasteiger partial charge in [-0.05, 0) is 50.5 Å². The lowest BCUT2D eigenvalue weighted by molar-refractivity contribution is -0.384. The largest absolute Gasteiger partial charge is 0.352 e. The minimum atomic E-state index is -4.00. The summed E-state index contributed by atoms with van der Waals surface area (Å²) in [5.74, 6) is -0.992. The summed E-state index contributed by atoms with van der Waals surface area (Å²) in [5, 5.41) is 14.1. The van der Waals surface area contributed by atoms with Crippen molar-refractivity contribution in [3.8, 4) is 0 Å². The number of carbonyl (C=O) groups is 2. The third-order valence-electron chi connectivity index (χ3n) is 5.79. The van der Waals surface area contributed by atoms with Gasteiger partial charge in [0, 0.05) is 29.2 Å². The number of nitrogens with zero attached hydrogens (tertiary/aromatic N) is 3. The van der Waals surface area contributed by atoms with Gasteiger partial charge < -0.3 is 10.2 Å². The zero-order chi connectivity index (χ0) is 27.2. The number of nitro groups is 1. The topological polar surface area (TPSA) is 130 Å². The van der Waals surface area contributed by atoms with Gasteiger partial charge in [-0.2, -0.15) is 0 Å². The van der Waals surface area contributed by atoms with Gasteiger partial charge >= 0.3 is 0 Å². The van der Waals surface area contributed by atoms with Crippen LogP contribution in [0.4, 0.5) is 11.4 Å². The van der Waals surface area contributed by atoms with Crippen LogP contribution in [0.15, 0.2) is 46.9 Å². The molecule has 196 valence electrons. The van der Waals surface area contributed by atoms with Crippen LogP contribution in [0, 0.1) is 17.0 Å². The third-order valence-corrected chi connectivity index (χ3v) is 7.44. The van der Waals surface area contributed by atoms with Crippen molar-refractivity contribution in [2.45, 2.75) is 52.7 Å². The van der Waals surface area contributed by atoms with Crippen molar-refractivity contribution in [2.24, 2.45) is 0 Å². The van der Waals surface area contributed by atoms with Gasteiger partial charge in [-0.3, -0.25) is 24.0 Å². The van der Waals surface area contributed by atoms with Crippen molar-refractivity contribution in [1.82, 2.24) is 10.2 Å². The third kappa shape index (κ3) is 7.76. The molecule has 10 nitrogen and oxygen atoms in total. The highest BCUT2D eigenvalue weighted by Gasteiger charge is 2.31. The molecular formula is C24H31BrN4O6S. The predicted molar refractivity (Wildman–Crippen MR) is 142 cm³/mol. The van der Waals surface area contributed by atoms with Crippen LogP contribution < -0.4 is 9.62 Å². The first-order valence-corrected chi connectivity index (χ1v) is 14.0. The van der Waals surface area contributed by atoms with E-state index < -0.39 is 33.4 Å². The number of amides is 2. The first kappa shape index (κ1) is 29.2. The number of non-ortho nitro benzene ring substituents is 1. The normalized spacial score (nSPS) is 12.9. The van der Waals surface area contributed by atoms with Gasteiger partial charge in [0.15, 0.2) is 0 Å². The molecule has 0 aromatic heterocycles. The van der Waals surface area contributed by atoms with Gasteiger partial charge in [0.05, 0.1) is 16.9 Å². The maximum Gasteiger partial charge on any atom is 0.271 e. The van der Waals surface area contributed by atoms with Gasteiger partial charge in [0.1, 0.15) is 12.6 Å². The van der Waals surface area contributed by atoms with Crippen molar-refractivity contribution < 1.29 is 22.9 Å². The molecule has 0 radical (unpaired) electrons. The monoisotopic (exact) mass is 582 g/mol. The van der Waals surface area contributed by atoms with Gasteiger partial charge in [0.25, 0.3) is 5.69 Å². The molecule has 36 heavy (non-hydrogen) atoms. The van der Waals surface area contributed by atoms with Crippen molar-refractivity contribution in [2.75, 3.05) is 17.1 Å². The number of hydrogen-bond donors (Lipinski definition) is 1. The van der Waals surface area contributed by atoms with Gasteiger partial charge in [-0.25, -0.2) is 8.42 Å². The second-order valence-corrected chi connectivity index (χ2v) is 11.5. The highest BCUT2D eigenvalue weighted by molar-refractivity contribution is 9.10. The van der Waals surface area contributed by atoms with E-state index in [1.54, 1.807) is 38.1 Å². The fourth-order valence-corrected chi connectivity index (χ4v) is 4.57. The Labute approximate surface area is 220 Å². The molecular weight excluding hydrogens is 552 g/mol. The molecule has 2 aromatic rings. The molecule has 2 rings (SSSR count). The van der Waals surface area contributed by atoms with E-state index >= 15 is 0 Å². The summed E-state index contributed by atoms with van der Waals surface area (Å²) in [6.07, 6.45) is 1.63. The minimum absolute atomic E-state index is 0.0281. The minimum Gasteiger partial charge on any atom is -0.352 e. The summed E-state index contributed by atoms with van der Waals surface area (Å²) in [6, 6.07) is 10.0. The molecule has 2 atom stereocenters. The van der Waals surface area contributed by atoms with Crippen LogP contribution >= 0.6 is 15.9 Å². The molecule has 12 heteroatoms. The molecule has 0 unspecified atom stereocenters. The van der Waals surface area contributed by atoms with Crippen LogP contribution in [0.3, 0.4) is 0 Å². The van der Waals surface area contributed by atoms with E-state index in [0.717, 1.165) is 26.7 Å². The second kappa shape index (κ2) is 12.3. The number of carbonyl (C=O) groups excluding carboxylic acids is 2. The Morgan fingerprint density at radius 3 is 2.28 bits per heavy atom. The summed E-state index contributed by atoms with van der Waals surface area (Å²) >= 11 is 3.36. The van der Waals surface area contributed by atoms with E-state index in [4.69, 9.17) is 0 Å². The lowest BCUT2D eigenvalue weighted by Gasteiger charge is -2.32. The molecule has 0 aliphatic carbocycles. The number of benzene rings is 2. The summed E-state index contributed by atoms with van der Waals surface area (Å²) in [6.45, 7) is 6.39. The number of halogens is 1. The number of nitrogens with one attached hydrogen (secondary N) is 1. The first-order chi connectivity index (χ1) is 16.7. The van der Waals surface area contributed by atoms with Gasteiger partial charge in [-0.1, -0.05) is 41.1 Å². The number of sulfonamides is 1.